The van der Waals surface area contributed by atoms with Gasteiger partial charge in [0.05, 0.1) is 13.2 Å². The van der Waals surface area contributed by atoms with Crippen molar-refractivity contribution in [1.82, 2.24) is 10.2 Å². The van der Waals surface area contributed by atoms with Gasteiger partial charge in [-0.25, -0.2) is 0 Å². The van der Waals surface area contributed by atoms with E-state index in [1.54, 1.807) is 23.1 Å². The van der Waals surface area contributed by atoms with Crippen molar-refractivity contribution >= 4 is 35.0 Å². The number of rotatable bonds is 15. The predicted octanol–water partition coefficient (Wildman–Crippen LogP) is 7.14. The van der Waals surface area contributed by atoms with Gasteiger partial charge in [0.2, 0.25) is 11.8 Å². The molecule has 0 fully saturated rings. The van der Waals surface area contributed by atoms with Crippen LogP contribution in [0.3, 0.4) is 0 Å². The first kappa shape index (κ1) is 32.3. The lowest BCUT2D eigenvalue weighted by molar-refractivity contribution is -0.141. The van der Waals surface area contributed by atoms with E-state index in [9.17, 15) is 9.59 Å². The quantitative estimate of drug-likeness (QED) is 0.202. The summed E-state index contributed by atoms with van der Waals surface area (Å²) < 4.78 is 11.5. The largest absolute Gasteiger partial charge is 0.490 e. The van der Waals surface area contributed by atoms with E-state index in [0.29, 0.717) is 54.1 Å². The third-order valence-electron chi connectivity index (χ3n) is 6.55. The van der Waals surface area contributed by atoms with Crippen molar-refractivity contribution in [3.05, 3.63) is 93.5 Å². The van der Waals surface area contributed by atoms with Gasteiger partial charge in [0.1, 0.15) is 6.04 Å². The zero-order valence-corrected chi connectivity index (χ0v) is 25.8. The SMILES string of the molecule is CCOc1ccc(CCC(=O)N(Cc2ccc(Cl)cc2Cl)[C@@H](Cc2ccccc2)C(=O)NCC(C)C)cc1OCC. The molecule has 0 aromatic heterocycles. The number of nitrogens with zero attached hydrogens (tertiary/aromatic N) is 1. The molecule has 0 bridgehead atoms. The second-order valence-corrected chi connectivity index (χ2v) is 11.1. The van der Waals surface area contributed by atoms with Crippen LogP contribution in [0.15, 0.2) is 66.7 Å². The molecule has 0 radical (unpaired) electrons. The van der Waals surface area contributed by atoms with Crippen molar-refractivity contribution in [2.75, 3.05) is 19.8 Å². The zero-order chi connectivity index (χ0) is 29.8. The number of nitrogens with one attached hydrogen (secondary N) is 1. The summed E-state index contributed by atoms with van der Waals surface area (Å²) in [5.41, 5.74) is 2.63. The normalized spacial score (nSPS) is 11.7. The van der Waals surface area contributed by atoms with Crippen LogP contribution in [0.4, 0.5) is 0 Å². The van der Waals surface area contributed by atoms with Gasteiger partial charge in [0.15, 0.2) is 11.5 Å². The van der Waals surface area contributed by atoms with Crippen molar-refractivity contribution in [1.29, 1.82) is 0 Å². The van der Waals surface area contributed by atoms with Gasteiger partial charge < -0.3 is 19.7 Å². The van der Waals surface area contributed by atoms with Crippen molar-refractivity contribution in [3.63, 3.8) is 0 Å². The van der Waals surface area contributed by atoms with E-state index in [1.807, 2.05) is 76.2 Å². The number of hydrogen-bond acceptors (Lipinski definition) is 4. The van der Waals surface area contributed by atoms with Crippen LogP contribution in [0.5, 0.6) is 11.5 Å². The number of amides is 2. The summed E-state index contributed by atoms with van der Waals surface area (Å²) in [5, 5.41) is 4.00. The molecule has 0 aliphatic carbocycles. The van der Waals surface area contributed by atoms with Gasteiger partial charge in [-0.2, -0.15) is 0 Å². The minimum Gasteiger partial charge on any atom is -0.490 e. The number of carbonyl (C=O) groups is 2. The first-order chi connectivity index (χ1) is 19.7. The Kier molecular flexibility index (Phi) is 12.8. The molecule has 1 N–H and O–H groups in total. The Morgan fingerprint density at radius 2 is 1.59 bits per heavy atom. The fourth-order valence-corrected chi connectivity index (χ4v) is 4.92. The Balaban J connectivity index is 1.92. The Morgan fingerprint density at radius 1 is 0.878 bits per heavy atom. The minimum atomic E-state index is -0.727. The Bertz CT molecular complexity index is 1280. The highest BCUT2D eigenvalue weighted by Gasteiger charge is 2.30. The van der Waals surface area contributed by atoms with Gasteiger partial charge in [-0.15, -0.1) is 0 Å². The molecule has 220 valence electrons. The number of aryl methyl sites for hydroxylation is 1. The lowest BCUT2D eigenvalue weighted by atomic mass is 10.0. The van der Waals surface area contributed by atoms with Crippen LogP contribution >= 0.6 is 23.2 Å². The summed E-state index contributed by atoms with van der Waals surface area (Å²) in [4.78, 5) is 29.3. The smallest absolute Gasteiger partial charge is 0.243 e. The first-order valence-corrected chi connectivity index (χ1v) is 14.9. The maximum absolute atomic E-state index is 14.0. The highest BCUT2D eigenvalue weighted by molar-refractivity contribution is 6.35. The molecule has 0 heterocycles. The van der Waals surface area contributed by atoms with E-state index in [-0.39, 0.29) is 30.7 Å². The lowest BCUT2D eigenvalue weighted by Gasteiger charge is -2.32. The molecule has 6 nitrogen and oxygen atoms in total. The average Bonchev–Trinajstić information content (AvgIpc) is 2.95. The highest BCUT2D eigenvalue weighted by Crippen LogP contribution is 2.30. The molecule has 0 unspecified atom stereocenters. The summed E-state index contributed by atoms with van der Waals surface area (Å²) in [6.07, 6.45) is 1.05. The molecule has 3 rings (SSSR count). The van der Waals surface area contributed by atoms with Crippen molar-refractivity contribution in [2.45, 2.75) is 59.5 Å². The molecule has 8 heteroatoms. The van der Waals surface area contributed by atoms with Gasteiger partial charge in [0.25, 0.3) is 0 Å². The number of ether oxygens (including phenoxy) is 2. The maximum Gasteiger partial charge on any atom is 0.243 e. The number of carbonyl (C=O) groups excluding carboxylic acids is 2. The van der Waals surface area contributed by atoms with Crippen LogP contribution in [-0.2, 0) is 29.0 Å². The molecule has 0 saturated heterocycles. The minimum absolute atomic E-state index is 0.150. The predicted molar refractivity (Wildman–Crippen MR) is 166 cm³/mol. The molecule has 0 aliphatic heterocycles. The average molecular weight is 600 g/mol. The number of halogens is 2. The lowest BCUT2D eigenvalue weighted by Crippen LogP contribution is -2.51. The van der Waals surface area contributed by atoms with Crippen LogP contribution in [0.1, 0.15) is 50.8 Å². The van der Waals surface area contributed by atoms with Crippen LogP contribution < -0.4 is 14.8 Å². The third-order valence-corrected chi connectivity index (χ3v) is 7.13. The molecule has 0 aliphatic rings. The van der Waals surface area contributed by atoms with E-state index in [2.05, 4.69) is 5.32 Å². The van der Waals surface area contributed by atoms with Gasteiger partial charge in [-0.1, -0.05) is 79.5 Å². The summed E-state index contributed by atoms with van der Waals surface area (Å²) in [6, 6.07) is 19.9. The second-order valence-electron chi connectivity index (χ2n) is 10.2. The molecular formula is C33H40Cl2N2O4. The molecule has 0 spiro atoms. The van der Waals surface area contributed by atoms with Crippen molar-refractivity contribution < 1.29 is 19.1 Å². The van der Waals surface area contributed by atoms with Gasteiger partial charge >= 0.3 is 0 Å². The topological polar surface area (TPSA) is 67.9 Å². The van der Waals surface area contributed by atoms with Crippen LogP contribution in [-0.4, -0.2) is 42.5 Å². The Hall–Kier alpha value is -3.22. The first-order valence-electron chi connectivity index (χ1n) is 14.1. The Morgan fingerprint density at radius 3 is 2.24 bits per heavy atom. The second kappa shape index (κ2) is 16.3. The van der Waals surface area contributed by atoms with Gasteiger partial charge in [-0.05, 0) is 67.1 Å². The third kappa shape index (κ3) is 9.98. The van der Waals surface area contributed by atoms with Crippen molar-refractivity contribution in [2.24, 2.45) is 5.92 Å². The number of hydrogen-bond donors (Lipinski definition) is 1. The summed E-state index contributed by atoms with van der Waals surface area (Å²) in [7, 11) is 0. The van der Waals surface area contributed by atoms with Crippen LogP contribution in [0, 0.1) is 5.92 Å². The van der Waals surface area contributed by atoms with E-state index in [0.717, 1.165) is 16.7 Å². The van der Waals surface area contributed by atoms with E-state index >= 15 is 0 Å². The van der Waals surface area contributed by atoms with E-state index in [1.165, 1.54) is 0 Å². The molecule has 2 amide bonds. The molecular weight excluding hydrogens is 559 g/mol. The highest BCUT2D eigenvalue weighted by atomic mass is 35.5. The molecule has 1 atom stereocenters. The fourth-order valence-electron chi connectivity index (χ4n) is 4.46. The monoisotopic (exact) mass is 598 g/mol. The summed E-state index contributed by atoms with van der Waals surface area (Å²) >= 11 is 12.7. The molecule has 3 aromatic carbocycles. The maximum atomic E-state index is 14.0. The fraction of sp³-hybridized carbons (Fsp3) is 0.394. The molecule has 0 saturated carbocycles. The van der Waals surface area contributed by atoms with E-state index in [4.69, 9.17) is 32.7 Å². The number of benzene rings is 3. The van der Waals surface area contributed by atoms with Crippen molar-refractivity contribution in [3.8, 4) is 11.5 Å². The van der Waals surface area contributed by atoms with E-state index < -0.39 is 6.04 Å². The van der Waals surface area contributed by atoms with Gasteiger partial charge in [0, 0.05) is 36.0 Å². The van der Waals surface area contributed by atoms with Crippen LogP contribution in [0.25, 0.3) is 0 Å². The van der Waals surface area contributed by atoms with Gasteiger partial charge in [-0.3, -0.25) is 9.59 Å². The molecule has 41 heavy (non-hydrogen) atoms. The molecule has 3 aromatic rings. The zero-order valence-electron chi connectivity index (χ0n) is 24.3. The summed E-state index contributed by atoms with van der Waals surface area (Å²) in [6.45, 7) is 9.64. The standard InChI is InChI=1S/C33H40Cl2N2O4/c1-5-40-30-16-12-25(19-31(30)41-6-2)13-17-32(38)37(22-26-14-15-27(34)20-28(26)35)29(33(39)36-21-23(3)4)18-24-10-8-7-9-11-24/h7-12,14-16,19-20,23,29H,5-6,13,17-18,21-22H2,1-4H3,(H,36,39)/t29-/m0/s1. The Labute approximate surface area is 253 Å². The summed E-state index contributed by atoms with van der Waals surface area (Å²) in [5.74, 6) is 1.25. The van der Waals surface area contributed by atoms with Crippen LogP contribution in [0.2, 0.25) is 10.0 Å².